The first kappa shape index (κ1) is 9.48. The number of carbonyl (C=O) groups excluding carboxylic acids is 1. The van der Waals surface area contributed by atoms with E-state index in [4.69, 9.17) is 9.47 Å². The van der Waals surface area contributed by atoms with Crippen molar-refractivity contribution in [2.24, 2.45) is 0 Å². The van der Waals surface area contributed by atoms with Crippen LogP contribution < -0.4 is 5.32 Å². The third kappa shape index (κ3) is 2.46. The van der Waals surface area contributed by atoms with Crippen molar-refractivity contribution < 1.29 is 14.3 Å². The molecule has 0 aromatic rings. The molecule has 12 heavy (non-hydrogen) atoms. The molecule has 1 aliphatic heterocycles. The zero-order chi connectivity index (χ0) is 8.97. The van der Waals surface area contributed by atoms with Gasteiger partial charge in [0.05, 0.1) is 12.1 Å². The van der Waals surface area contributed by atoms with Crippen LogP contribution in [0.5, 0.6) is 0 Å². The second kappa shape index (κ2) is 4.42. The summed E-state index contributed by atoms with van der Waals surface area (Å²) < 4.78 is 9.99. The van der Waals surface area contributed by atoms with Gasteiger partial charge in [-0.2, -0.15) is 0 Å². The lowest BCUT2D eigenvalue weighted by molar-refractivity contribution is -0.125. The molecule has 1 aliphatic rings. The maximum absolute atomic E-state index is 11.1. The second-order valence-corrected chi connectivity index (χ2v) is 2.97. The molecule has 0 aromatic carbocycles. The predicted molar refractivity (Wildman–Crippen MR) is 43.8 cm³/mol. The Labute approximate surface area is 72.2 Å². The van der Waals surface area contributed by atoms with E-state index < -0.39 is 0 Å². The van der Waals surface area contributed by atoms with Gasteiger partial charge in [-0.1, -0.05) is 0 Å². The van der Waals surface area contributed by atoms with Crippen LogP contribution in [0.3, 0.4) is 0 Å². The Hall–Kier alpha value is -0.610. The molecule has 0 saturated carbocycles. The van der Waals surface area contributed by atoms with Gasteiger partial charge in [-0.15, -0.1) is 0 Å². The molecule has 4 heteroatoms. The van der Waals surface area contributed by atoms with E-state index in [0.717, 1.165) is 13.0 Å². The summed E-state index contributed by atoms with van der Waals surface area (Å²) in [6, 6.07) is 0.160. The first-order valence-electron chi connectivity index (χ1n) is 4.14. The minimum atomic E-state index is -0.0696. The van der Waals surface area contributed by atoms with Crippen LogP contribution in [-0.4, -0.2) is 38.4 Å². The molecule has 2 atom stereocenters. The maximum Gasteiger partial charge on any atom is 0.246 e. The summed E-state index contributed by atoms with van der Waals surface area (Å²) in [6.45, 7) is 2.83. The smallest absolute Gasteiger partial charge is 0.246 e. The van der Waals surface area contributed by atoms with E-state index in [1.165, 1.54) is 7.11 Å². The zero-order valence-electron chi connectivity index (χ0n) is 7.50. The number of hydrogen-bond donors (Lipinski definition) is 1. The van der Waals surface area contributed by atoms with Crippen molar-refractivity contribution in [2.75, 3.05) is 20.3 Å². The molecule has 1 N–H and O–H groups in total. The Kier molecular flexibility index (Phi) is 3.49. The molecular weight excluding hydrogens is 158 g/mol. The topological polar surface area (TPSA) is 47.6 Å². The van der Waals surface area contributed by atoms with Gasteiger partial charge >= 0.3 is 0 Å². The van der Waals surface area contributed by atoms with Crippen molar-refractivity contribution in [3.8, 4) is 0 Å². The molecule has 0 aliphatic carbocycles. The van der Waals surface area contributed by atoms with Gasteiger partial charge < -0.3 is 14.8 Å². The van der Waals surface area contributed by atoms with Gasteiger partial charge in [-0.3, -0.25) is 4.79 Å². The van der Waals surface area contributed by atoms with Gasteiger partial charge in [0.25, 0.3) is 0 Å². The minimum absolute atomic E-state index is 0.0696. The van der Waals surface area contributed by atoms with Crippen LogP contribution in [0.2, 0.25) is 0 Å². The molecule has 1 heterocycles. The molecule has 4 nitrogen and oxygen atoms in total. The molecule has 0 aromatic heterocycles. The Morgan fingerprint density at radius 1 is 1.75 bits per heavy atom. The summed E-state index contributed by atoms with van der Waals surface area (Å²) in [5.74, 6) is -0.0696. The molecule has 1 rings (SSSR count). The quantitative estimate of drug-likeness (QED) is 0.649. The van der Waals surface area contributed by atoms with E-state index in [9.17, 15) is 4.79 Å². The first-order valence-corrected chi connectivity index (χ1v) is 4.14. The average Bonchev–Trinajstić information content (AvgIpc) is 2.37. The summed E-state index contributed by atoms with van der Waals surface area (Å²) in [6.07, 6.45) is 1.03. The number of amides is 1. The van der Waals surface area contributed by atoms with Crippen molar-refractivity contribution in [1.82, 2.24) is 5.32 Å². The summed E-state index contributed by atoms with van der Waals surface area (Å²) in [5.41, 5.74) is 0. The van der Waals surface area contributed by atoms with Crippen molar-refractivity contribution in [3.63, 3.8) is 0 Å². The Morgan fingerprint density at radius 3 is 3.00 bits per heavy atom. The zero-order valence-corrected chi connectivity index (χ0v) is 7.50. The van der Waals surface area contributed by atoms with Crippen LogP contribution in [0.1, 0.15) is 13.3 Å². The lowest BCUT2D eigenvalue weighted by Gasteiger charge is -2.15. The number of hydrogen-bond acceptors (Lipinski definition) is 3. The van der Waals surface area contributed by atoms with E-state index in [2.05, 4.69) is 5.32 Å². The molecule has 70 valence electrons. The monoisotopic (exact) mass is 173 g/mol. The lowest BCUT2D eigenvalue weighted by atomic mass is 10.1. The molecule has 1 amide bonds. The fourth-order valence-electron chi connectivity index (χ4n) is 1.30. The molecule has 1 saturated heterocycles. The van der Waals surface area contributed by atoms with Gasteiger partial charge in [0, 0.05) is 13.7 Å². The summed E-state index contributed by atoms with van der Waals surface area (Å²) in [7, 11) is 1.51. The largest absolute Gasteiger partial charge is 0.376 e. The number of methoxy groups -OCH3 is 1. The van der Waals surface area contributed by atoms with Gasteiger partial charge in [-0.05, 0) is 13.3 Å². The molecule has 1 fully saturated rings. The fourth-order valence-corrected chi connectivity index (χ4v) is 1.30. The number of rotatable bonds is 3. The molecule has 0 spiro atoms. The summed E-state index contributed by atoms with van der Waals surface area (Å²) >= 11 is 0. The summed E-state index contributed by atoms with van der Waals surface area (Å²) in [5, 5.41) is 2.84. The van der Waals surface area contributed by atoms with Gasteiger partial charge in [-0.25, -0.2) is 0 Å². The van der Waals surface area contributed by atoms with Crippen LogP contribution in [0, 0.1) is 0 Å². The van der Waals surface area contributed by atoms with Crippen LogP contribution in [-0.2, 0) is 14.3 Å². The standard InChI is InChI=1S/C8H15NO3/c1-6-7(3-4-12-6)9-8(10)5-11-2/h6-7H,3-5H2,1-2H3,(H,9,10). The average molecular weight is 173 g/mol. The van der Waals surface area contributed by atoms with Crippen LogP contribution in [0.25, 0.3) is 0 Å². The Morgan fingerprint density at radius 2 is 2.50 bits per heavy atom. The SMILES string of the molecule is COCC(=O)NC1CCOC1C. The third-order valence-corrected chi connectivity index (χ3v) is 2.00. The van der Waals surface area contributed by atoms with E-state index in [1.807, 2.05) is 6.92 Å². The van der Waals surface area contributed by atoms with Crippen LogP contribution in [0.15, 0.2) is 0 Å². The first-order chi connectivity index (χ1) is 5.74. The minimum Gasteiger partial charge on any atom is -0.376 e. The van der Waals surface area contributed by atoms with E-state index in [1.54, 1.807) is 0 Å². The highest BCUT2D eigenvalue weighted by atomic mass is 16.5. The van der Waals surface area contributed by atoms with Crippen molar-refractivity contribution in [2.45, 2.75) is 25.5 Å². The van der Waals surface area contributed by atoms with Crippen molar-refractivity contribution in [1.29, 1.82) is 0 Å². The highest BCUT2D eigenvalue weighted by Crippen LogP contribution is 2.11. The molecule has 2 unspecified atom stereocenters. The van der Waals surface area contributed by atoms with Gasteiger partial charge in [0.15, 0.2) is 0 Å². The molecule has 0 bridgehead atoms. The van der Waals surface area contributed by atoms with Crippen molar-refractivity contribution in [3.05, 3.63) is 0 Å². The normalized spacial score (nSPS) is 28.8. The fraction of sp³-hybridized carbons (Fsp3) is 0.875. The Balaban J connectivity index is 2.25. The van der Waals surface area contributed by atoms with E-state index in [0.29, 0.717) is 0 Å². The lowest BCUT2D eigenvalue weighted by Crippen LogP contribution is -2.40. The maximum atomic E-state index is 11.1. The van der Waals surface area contributed by atoms with Gasteiger partial charge in [0.1, 0.15) is 6.61 Å². The highest BCUT2D eigenvalue weighted by Gasteiger charge is 2.25. The second-order valence-electron chi connectivity index (χ2n) is 2.97. The summed E-state index contributed by atoms with van der Waals surface area (Å²) in [4.78, 5) is 11.1. The van der Waals surface area contributed by atoms with Crippen LogP contribution >= 0.6 is 0 Å². The number of carbonyl (C=O) groups is 1. The van der Waals surface area contributed by atoms with E-state index in [-0.39, 0.29) is 24.7 Å². The van der Waals surface area contributed by atoms with E-state index >= 15 is 0 Å². The molecular formula is C8H15NO3. The van der Waals surface area contributed by atoms with Gasteiger partial charge in [0.2, 0.25) is 5.91 Å². The number of nitrogens with one attached hydrogen (secondary N) is 1. The van der Waals surface area contributed by atoms with Crippen LogP contribution in [0.4, 0.5) is 0 Å². The van der Waals surface area contributed by atoms with Crippen molar-refractivity contribution >= 4 is 5.91 Å². The predicted octanol–water partition coefficient (Wildman–Crippen LogP) is -0.0736. The molecule has 0 radical (unpaired) electrons. The number of ether oxygens (including phenoxy) is 2. The Bertz CT molecular complexity index is 160. The highest BCUT2D eigenvalue weighted by molar-refractivity contribution is 5.77. The third-order valence-electron chi connectivity index (χ3n) is 2.00.